The normalized spacial score (nSPS) is 13.1. The lowest BCUT2D eigenvalue weighted by Gasteiger charge is -2.06. The van der Waals surface area contributed by atoms with E-state index in [2.05, 4.69) is 31.9 Å². The van der Waals surface area contributed by atoms with Gasteiger partial charge in [-0.3, -0.25) is 0 Å². The summed E-state index contributed by atoms with van der Waals surface area (Å²) in [5.41, 5.74) is 1.10. The summed E-state index contributed by atoms with van der Waals surface area (Å²) in [4.78, 5) is 1.20. The monoisotopic (exact) mass is 368 g/mol. The molecule has 15 heavy (non-hydrogen) atoms. The molecule has 2 heterocycles. The molecule has 0 bridgehead atoms. The summed E-state index contributed by atoms with van der Waals surface area (Å²) in [5.74, 6) is 0.896. The van der Waals surface area contributed by atoms with Crippen molar-refractivity contribution in [1.82, 2.24) is 0 Å². The van der Waals surface area contributed by atoms with Crippen molar-refractivity contribution in [3.63, 3.8) is 0 Å². The minimum absolute atomic E-state index is 0.0973. The van der Waals surface area contributed by atoms with Crippen LogP contribution < -0.4 is 0 Å². The highest BCUT2D eigenvalue weighted by molar-refractivity contribution is 9.10. The lowest BCUT2D eigenvalue weighted by molar-refractivity contribution is 0.507. The average molecular weight is 370 g/mol. The highest BCUT2D eigenvalue weighted by atomic mass is 79.9. The van der Waals surface area contributed by atoms with Crippen LogP contribution in [0.3, 0.4) is 0 Å². The first-order valence-corrected chi connectivity index (χ1v) is 7.19. The van der Waals surface area contributed by atoms with Gasteiger partial charge in [-0.1, -0.05) is 27.5 Å². The summed E-state index contributed by atoms with van der Waals surface area (Å²) in [7, 11) is 0. The lowest BCUT2D eigenvalue weighted by atomic mass is 10.1. The van der Waals surface area contributed by atoms with Gasteiger partial charge in [0.1, 0.15) is 5.76 Å². The van der Waals surface area contributed by atoms with Gasteiger partial charge in [-0.25, -0.2) is 0 Å². The molecule has 0 spiro atoms. The van der Waals surface area contributed by atoms with E-state index in [9.17, 15) is 0 Å². The van der Waals surface area contributed by atoms with Crippen LogP contribution in [-0.4, -0.2) is 0 Å². The van der Waals surface area contributed by atoms with Crippen molar-refractivity contribution >= 4 is 54.8 Å². The molecular weight excluding hydrogens is 363 g/mol. The third-order valence-electron chi connectivity index (χ3n) is 2.07. The molecule has 0 saturated heterocycles. The molecule has 0 aliphatic carbocycles. The molecule has 0 amide bonds. The number of rotatable bonds is 2. The second kappa shape index (κ2) is 4.62. The standard InChI is InChI=1S/C10H7Br2ClOS/c1-5-6(4-8(11)14-5)9(12)10-7(13)2-3-15-10/h2-4,9H,1H3. The summed E-state index contributed by atoms with van der Waals surface area (Å²) in [5, 5.41) is 2.77. The predicted molar refractivity (Wildman–Crippen MR) is 71.2 cm³/mol. The summed E-state index contributed by atoms with van der Waals surface area (Å²) in [6, 6.07) is 3.87. The number of halogens is 3. The van der Waals surface area contributed by atoms with Crippen LogP contribution in [-0.2, 0) is 0 Å². The van der Waals surface area contributed by atoms with Gasteiger partial charge < -0.3 is 4.42 Å². The fourth-order valence-electron chi connectivity index (χ4n) is 1.34. The Balaban J connectivity index is 2.40. The highest BCUT2D eigenvalue weighted by Gasteiger charge is 2.19. The highest BCUT2D eigenvalue weighted by Crippen LogP contribution is 2.41. The molecular formula is C10H7Br2ClOS. The molecule has 0 aliphatic heterocycles. The third-order valence-corrected chi connectivity index (χ3v) is 5.14. The molecule has 2 aromatic heterocycles. The van der Waals surface area contributed by atoms with Gasteiger partial charge >= 0.3 is 0 Å². The fraction of sp³-hybridized carbons (Fsp3) is 0.200. The lowest BCUT2D eigenvalue weighted by Crippen LogP contribution is -1.89. The first-order valence-electron chi connectivity index (χ1n) is 4.22. The van der Waals surface area contributed by atoms with Crippen molar-refractivity contribution in [3.8, 4) is 0 Å². The van der Waals surface area contributed by atoms with Crippen LogP contribution in [0.5, 0.6) is 0 Å². The Morgan fingerprint density at radius 1 is 1.53 bits per heavy atom. The zero-order valence-electron chi connectivity index (χ0n) is 7.76. The van der Waals surface area contributed by atoms with Gasteiger partial charge in [0.25, 0.3) is 0 Å². The van der Waals surface area contributed by atoms with Crippen LogP contribution in [0.25, 0.3) is 0 Å². The Morgan fingerprint density at radius 2 is 2.27 bits per heavy atom. The van der Waals surface area contributed by atoms with E-state index < -0.39 is 0 Å². The van der Waals surface area contributed by atoms with Crippen molar-refractivity contribution in [1.29, 1.82) is 0 Å². The van der Waals surface area contributed by atoms with Gasteiger partial charge in [-0.2, -0.15) is 0 Å². The first-order chi connectivity index (χ1) is 7.09. The SMILES string of the molecule is Cc1oc(Br)cc1C(Br)c1sccc1Cl. The maximum absolute atomic E-state index is 6.08. The van der Waals surface area contributed by atoms with Crippen molar-refractivity contribution < 1.29 is 4.42 Å². The summed E-state index contributed by atoms with van der Waals surface area (Å²) in [6.45, 7) is 1.94. The molecule has 80 valence electrons. The zero-order valence-corrected chi connectivity index (χ0v) is 12.5. The van der Waals surface area contributed by atoms with Crippen molar-refractivity contribution in [2.75, 3.05) is 0 Å². The second-order valence-corrected chi connectivity index (χ2v) is 6.11. The van der Waals surface area contributed by atoms with Crippen molar-refractivity contribution in [2.45, 2.75) is 11.8 Å². The van der Waals surface area contributed by atoms with Gasteiger partial charge in [-0.15, -0.1) is 11.3 Å². The van der Waals surface area contributed by atoms with E-state index in [1.165, 1.54) is 0 Å². The van der Waals surface area contributed by atoms with Crippen LogP contribution in [0, 0.1) is 6.92 Å². The summed E-state index contributed by atoms with van der Waals surface area (Å²) in [6.07, 6.45) is 0. The van der Waals surface area contributed by atoms with E-state index in [0.29, 0.717) is 0 Å². The third kappa shape index (κ3) is 2.33. The van der Waals surface area contributed by atoms with E-state index >= 15 is 0 Å². The van der Waals surface area contributed by atoms with E-state index in [-0.39, 0.29) is 4.83 Å². The largest absolute Gasteiger partial charge is 0.454 e. The van der Waals surface area contributed by atoms with Crippen molar-refractivity contribution in [2.24, 2.45) is 0 Å². The fourth-order valence-corrected chi connectivity index (χ4v) is 4.14. The van der Waals surface area contributed by atoms with Gasteiger partial charge in [0.2, 0.25) is 0 Å². The molecule has 5 heteroatoms. The van der Waals surface area contributed by atoms with Crippen LogP contribution >= 0.6 is 54.8 Å². The van der Waals surface area contributed by atoms with E-state index in [0.717, 1.165) is 25.9 Å². The van der Waals surface area contributed by atoms with Crippen LogP contribution in [0.15, 0.2) is 26.6 Å². The number of thiophene rings is 1. The van der Waals surface area contributed by atoms with Crippen LogP contribution in [0.2, 0.25) is 5.02 Å². The minimum atomic E-state index is 0.0973. The molecule has 1 nitrogen and oxygen atoms in total. The maximum atomic E-state index is 6.08. The molecule has 0 radical (unpaired) electrons. The average Bonchev–Trinajstić information content (AvgIpc) is 2.71. The maximum Gasteiger partial charge on any atom is 0.169 e. The molecule has 1 atom stereocenters. The Hall–Kier alpha value is 0.230. The van der Waals surface area contributed by atoms with Gasteiger partial charge in [0.15, 0.2) is 4.67 Å². The molecule has 0 aliphatic rings. The molecule has 2 rings (SSSR count). The van der Waals surface area contributed by atoms with E-state index in [1.54, 1.807) is 11.3 Å². The van der Waals surface area contributed by atoms with Gasteiger partial charge in [-0.05, 0) is 40.4 Å². The van der Waals surface area contributed by atoms with Gasteiger partial charge in [0.05, 0.1) is 9.85 Å². The summed E-state index contributed by atoms with van der Waals surface area (Å²) >= 11 is 14.7. The Kier molecular flexibility index (Phi) is 3.60. The molecule has 2 aromatic rings. The number of hydrogen-bond acceptors (Lipinski definition) is 2. The smallest absolute Gasteiger partial charge is 0.169 e. The topological polar surface area (TPSA) is 13.1 Å². The van der Waals surface area contributed by atoms with Crippen LogP contribution in [0.1, 0.15) is 21.0 Å². The number of furan rings is 1. The second-order valence-electron chi connectivity index (χ2n) is 3.06. The van der Waals surface area contributed by atoms with Crippen LogP contribution in [0.4, 0.5) is 0 Å². The number of hydrogen-bond donors (Lipinski definition) is 0. The zero-order chi connectivity index (χ0) is 11.0. The minimum Gasteiger partial charge on any atom is -0.454 e. The van der Waals surface area contributed by atoms with Crippen molar-refractivity contribution in [3.05, 3.63) is 43.4 Å². The molecule has 0 fully saturated rings. The Morgan fingerprint density at radius 3 is 2.73 bits per heavy atom. The van der Waals surface area contributed by atoms with E-state index in [1.807, 2.05) is 24.4 Å². The number of alkyl halides is 1. The molecule has 1 unspecified atom stereocenters. The van der Waals surface area contributed by atoms with E-state index in [4.69, 9.17) is 16.0 Å². The molecule has 0 N–H and O–H groups in total. The Bertz CT molecular complexity index is 477. The van der Waals surface area contributed by atoms with Gasteiger partial charge in [0, 0.05) is 10.4 Å². The first kappa shape index (κ1) is 11.7. The number of aryl methyl sites for hydroxylation is 1. The molecule has 0 aromatic carbocycles. The molecule has 0 saturated carbocycles. The quantitative estimate of drug-likeness (QED) is 0.632. The predicted octanol–water partition coefficient (Wildman–Crippen LogP) is 5.55. The Labute approximate surface area is 114 Å². The summed E-state index contributed by atoms with van der Waals surface area (Å²) < 4.78 is 6.16.